The van der Waals surface area contributed by atoms with E-state index in [1.54, 1.807) is 11.8 Å². The Labute approximate surface area is 120 Å². The van der Waals surface area contributed by atoms with Gasteiger partial charge in [0.25, 0.3) is 0 Å². The highest BCUT2D eigenvalue weighted by molar-refractivity contribution is 9.10. The quantitative estimate of drug-likeness (QED) is 0.616. The second kappa shape index (κ2) is 5.85. The van der Waals surface area contributed by atoms with E-state index >= 15 is 0 Å². The molecule has 94 valence electrons. The van der Waals surface area contributed by atoms with E-state index in [4.69, 9.17) is 0 Å². The average Bonchev–Trinajstić information content (AvgIpc) is 2.35. The molecule has 0 fully saturated rings. The van der Waals surface area contributed by atoms with E-state index in [2.05, 4.69) is 45.0 Å². The lowest BCUT2D eigenvalue weighted by molar-refractivity contribution is 0.880. The lowest BCUT2D eigenvalue weighted by Crippen LogP contribution is -1.98. The van der Waals surface area contributed by atoms with Crippen molar-refractivity contribution in [2.24, 2.45) is 0 Å². The van der Waals surface area contributed by atoms with Crippen molar-refractivity contribution < 1.29 is 0 Å². The Bertz CT molecular complexity index is 546. The largest absolute Gasteiger partial charge is 0.228 e. The Morgan fingerprint density at radius 1 is 1.06 bits per heavy atom. The maximum absolute atomic E-state index is 4.51. The third-order valence-electron chi connectivity index (χ3n) is 2.93. The van der Waals surface area contributed by atoms with Gasteiger partial charge in [0.05, 0.1) is 0 Å². The summed E-state index contributed by atoms with van der Waals surface area (Å²) < 4.78 is 1.14. The van der Waals surface area contributed by atoms with Gasteiger partial charge in [-0.05, 0) is 38.0 Å². The molecule has 2 aromatic rings. The first-order chi connectivity index (χ1) is 8.58. The van der Waals surface area contributed by atoms with E-state index in [-0.39, 0.29) is 0 Å². The average molecular weight is 323 g/mol. The normalized spacial score (nSPS) is 10.7. The topological polar surface area (TPSA) is 25.8 Å². The maximum atomic E-state index is 4.51. The Morgan fingerprint density at radius 3 is 2.28 bits per heavy atom. The summed E-state index contributed by atoms with van der Waals surface area (Å²) in [6.07, 6.45) is 0. The molecule has 0 unspecified atom stereocenters. The van der Waals surface area contributed by atoms with Gasteiger partial charge < -0.3 is 0 Å². The molecule has 0 saturated carbocycles. The fraction of sp³-hybridized carbons (Fsp3) is 0.286. The van der Waals surface area contributed by atoms with Crippen molar-refractivity contribution in [3.8, 4) is 0 Å². The highest BCUT2D eigenvalue weighted by Crippen LogP contribution is 2.25. The molecule has 0 amide bonds. The monoisotopic (exact) mass is 322 g/mol. The fourth-order valence-electron chi connectivity index (χ4n) is 1.56. The first-order valence-electron chi connectivity index (χ1n) is 5.76. The molecule has 0 aliphatic carbocycles. The number of rotatable bonds is 3. The molecule has 1 aromatic carbocycles. The number of halogens is 1. The zero-order valence-corrected chi connectivity index (χ0v) is 13.1. The molecule has 0 N–H and O–H groups in total. The van der Waals surface area contributed by atoms with Crippen LogP contribution in [0.4, 0.5) is 0 Å². The van der Waals surface area contributed by atoms with Crippen molar-refractivity contribution in [2.45, 2.75) is 31.7 Å². The summed E-state index contributed by atoms with van der Waals surface area (Å²) in [4.78, 5) is 9.03. The van der Waals surface area contributed by atoms with Crippen LogP contribution in [0.3, 0.4) is 0 Å². The number of aromatic nitrogens is 2. The first-order valence-corrected chi connectivity index (χ1v) is 7.54. The van der Waals surface area contributed by atoms with E-state index in [9.17, 15) is 0 Å². The minimum atomic E-state index is 0.853. The third kappa shape index (κ3) is 3.12. The van der Waals surface area contributed by atoms with Gasteiger partial charge in [-0.15, -0.1) is 0 Å². The molecule has 0 atom stereocenters. The summed E-state index contributed by atoms with van der Waals surface area (Å²) in [6, 6.07) is 8.25. The number of thioether (sulfide) groups is 1. The third-order valence-corrected chi connectivity index (χ3v) is 4.60. The van der Waals surface area contributed by atoms with Crippen molar-refractivity contribution in [1.29, 1.82) is 0 Å². The molecule has 0 aliphatic rings. The van der Waals surface area contributed by atoms with Crippen LogP contribution < -0.4 is 0 Å². The Hall–Kier alpha value is -0.870. The van der Waals surface area contributed by atoms with Gasteiger partial charge in [-0.2, -0.15) is 0 Å². The predicted molar refractivity (Wildman–Crippen MR) is 79.9 cm³/mol. The minimum absolute atomic E-state index is 0.853. The lowest BCUT2D eigenvalue weighted by Gasteiger charge is -2.07. The molecule has 4 heteroatoms. The van der Waals surface area contributed by atoms with Gasteiger partial charge in [0.1, 0.15) is 0 Å². The van der Waals surface area contributed by atoms with Gasteiger partial charge in [-0.3, -0.25) is 0 Å². The molecule has 18 heavy (non-hydrogen) atoms. The molecule has 0 radical (unpaired) electrons. The molecule has 2 nitrogen and oxygen atoms in total. The summed E-state index contributed by atoms with van der Waals surface area (Å²) in [5.41, 5.74) is 4.58. The van der Waals surface area contributed by atoms with Crippen LogP contribution in [0.1, 0.15) is 22.5 Å². The molecule has 1 heterocycles. The second-order valence-corrected chi connectivity index (χ2v) is 5.98. The Morgan fingerprint density at radius 2 is 1.67 bits per heavy atom. The molecule has 0 saturated heterocycles. The van der Waals surface area contributed by atoms with Gasteiger partial charge in [0.2, 0.25) is 0 Å². The van der Waals surface area contributed by atoms with Crippen LogP contribution in [0.25, 0.3) is 0 Å². The smallest absolute Gasteiger partial charge is 0.188 e. The molecule has 0 spiro atoms. The summed E-state index contributed by atoms with van der Waals surface area (Å²) in [5, 5.41) is 0.853. The molecule has 0 aliphatic heterocycles. The molecule has 1 aromatic heterocycles. The van der Waals surface area contributed by atoms with Gasteiger partial charge in [-0.1, -0.05) is 45.9 Å². The predicted octanol–water partition coefficient (Wildman–Crippen LogP) is 4.46. The zero-order chi connectivity index (χ0) is 13.1. The minimum Gasteiger partial charge on any atom is -0.228 e. The summed E-state index contributed by atoms with van der Waals surface area (Å²) in [7, 11) is 0. The summed E-state index contributed by atoms with van der Waals surface area (Å²) >= 11 is 5.23. The summed E-state index contributed by atoms with van der Waals surface area (Å²) in [6.45, 7) is 6.13. The van der Waals surface area contributed by atoms with Gasteiger partial charge in [-0.25, -0.2) is 9.97 Å². The number of nitrogens with zero attached hydrogens (tertiary/aromatic N) is 2. The highest BCUT2D eigenvalue weighted by atomic mass is 79.9. The highest BCUT2D eigenvalue weighted by Gasteiger charge is 2.06. The van der Waals surface area contributed by atoms with Gasteiger partial charge >= 0.3 is 0 Å². The number of hydrogen-bond acceptors (Lipinski definition) is 3. The van der Waals surface area contributed by atoms with Gasteiger partial charge in [0, 0.05) is 21.6 Å². The molecule has 2 rings (SSSR count). The molecular weight excluding hydrogens is 308 g/mol. The van der Waals surface area contributed by atoms with E-state index < -0.39 is 0 Å². The number of benzene rings is 1. The first kappa shape index (κ1) is 13.6. The van der Waals surface area contributed by atoms with Crippen LogP contribution in [0, 0.1) is 20.8 Å². The summed E-state index contributed by atoms with van der Waals surface area (Å²) in [5.74, 6) is 0.878. The number of aryl methyl sites for hydroxylation is 2. The standard InChI is InChI=1S/C14H15BrN2S/c1-9-10(2)16-14(17-11(9)3)18-8-12-6-4-5-7-13(12)15/h4-7H,8H2,1-3H3. The number of hydrogen-bond donors (Lipinski definition) is 0. The van der Waals surface area contributed by atoms with Crippen LogP contribution in [-0.4, -0.2) is 9.97 Å². The van der Waals surface area contributed by atoms with E-state index in [1.807, 2.05) is 26.0 Å². The van der Waals surface area contributed by atoms with Crippen LogP contribution in [-0.2, 0) is 5.75 Å². The van der Waals surface area contributed by atoms with E-state index in [1.165, 1.54) is 11.1 Å². The molecular formula is C14H15BrN2S. The van der Waals surface area contributed by atoms with Crippen molar-refractivity contribution in [2.75, 3.05) is 0 Å². The zero-order valence-electron chi connectivity index (χ0n) is 10.7. The van der Waals surface area contributed by atoms with E-state index in [0.717, 1.165) is 26.8 Å². The van der Waals surface area contributed by atoms with Crippen molar-refractivity contribution in [1.82, 2.24) is 9.97 Å². The van der Waals surface area contributed by atoms with Crippen molar-refractivity contribution >= 4 is 27.7 Å². The molecule has 0 bridgehead atoms. The fourth-order valence-corrected chi connectivity index (χ4v) is 3.11. The van der Waals surface area contributed by atoms with Crippen molar-refractivity contribution in [3.63, 3.8) is 0 Å². The van der Waals surface area contributed by atoms with Gasteiger partial charge in [0.15, 0.2) is 5.16 Å². The Kier molecular flexibility index (Phi) is 4.40. The van der Waals surface area contributed by atoms with E-state index in [0.29, 0.717) is 0 Å². The SMILES string of the molecule is Cc1nc(SCc2ccccc2Br)nc(C)c1C. The van der Waals surface area contributed by atoms with Crippen LogP contribution in [0.5, 0.6) is 0 Å². The van der Waals surface area contributed by atoms with Crippen molar-refractivity contribution in [3.05, 3.63) is 51.3 Å². The maximum Gasteiger partial charge on any atom is 0.188 e. The van der Waals surface area contributed by atoms with Crippen LogP contribution in [0.15, 0.2) is 33.9 Å². The second-order valence-electron chi connectivity index (χ2n) is 4.18. The lowest BCUT2D eigenvalue weighted by atomic mass is 10.2. The Balaban J connectivity index is 2.14. The van der Waals surface area contributed by atoms with Crippen LogP contribution in [0.2, 0.25) is 0 Å². The van der Waals surface area contributed by atoms with Crippen LogP contribution >= 0.6 is 27.7 Å².